The van der Waals surface area contributed by atoms with Gasteiger partial charge in [0.05, 0.1) is 18.2 Å². The summed E-state index contributed by atoms with van der Waals surface area (Å²) in [6, 6.07) is 14.6. The van der Waals surface area contributed by atoms with E-state index in [1.54, 1.807) is 45.0 Å². The van der Waals surface area contributed by atoms with Crippen molar-refractivity contribution < 1.29 is 29.0 Å². The maximum absolute atomic E-state index is 13.0. The minimum absolute atomic E-state index is 0.121. The molecule has 1 fully saturated rings. The number of aliphatic hydroxyl groups excluding tert-OH is 1. The van der Waals surface area contributed by atoms with Crippen molar-refractivity contribution in [3.05, 3.63) is 54.1 Å². The molecule has 1 aliphatic rings. The molecule has 2 aromatic rings. The lowest BCUT2D eigenvalue weighted by Crippen LogP contribution is -2.55. The molecule has 2 atom stereocenters. The number of anilines is 3. The Morgan fingerprint density at radius 1 is 1.12 bits per heavy atom. The van der Waals surface area contributed by atoms with Crippen molar-refractivity contribution >= 4 is 35.0 Å². The SMILES string of the molecule is CC(C)(C)OC(=O)Nc1ccc(N2CCOC(C(O)C(=O)Nc3ccc(C#N)cc3)C2=O)cc1. The number of carbonyl (C=O) groups excluding carboxylic acids is 3. The van der Waals surface area contributed by atoms with Crippen molar-refractivity contribution in [2.45, 2.75) is 38.6 Å². The van der Waals surface area contributed by atoms with Crippen molar-refractivity contribution in [1.29, 1.82) is 5.26 Å². The van der Waals surface area contributed by atoms with Gasteiger partial charge in [0.2, 0.25) is 0 Å². The third-order valence-corrected chi connectivity index (χ3v) is 4.78. The number of rotatable bonds is 5. The quantitative estimate of drug-likeness (QED) is 0.615. The fourth-order valence-corrected chi connectivity index (χ4v) is 3.22. The van der Waals surface area contributed by atoms with E-state index in [-0.39, 0.29) is 13.2 Å². The van der Waals surface area contributed by atoms with Crippen molar-refractivity contribution in [3.63, 3.8) is 0 Å². The number of benzene rings is 2. The molecule has 1 saturated heterocycles. The summed E-state index contributed by atoms with van der Waals surface area (Å²) in [6.07, 6.45) is -3.72. The van der Waals surface area contributed by atoms with Gasteiger partial charge >= 0.3 is 6.09 Å². The Morgan fingerprint density at radius 3 is 2.29 bits per heavy atom. The van der Waals surface area contributed by atoms with E-state index in [2.05, 4.69) is 10.6 Å². The van der Waals surface area contributed by atoms with Gasteiger partial charge in [-0.05, 0) is 69.3 Å². The van der Waals surface area contributed by atoms with Crippen LogP contribution in [0.1, 0.15) is 26.3 Å². The van der Waals surface area contributed by atoms with Crippen LogP contribution in [0.15, 0.2) is 48.5 Å². The molecular weight excluding hydrogens is 440 g/mol. The van der Waals surface area contributed by atoms with Crippen molar-refractivity contribution in [2.75, 3.05) is 28.7 Å². The van der Waals surface area contributed by atoms with Gasteiger partial charge in [-0.15, -0.1) is 0 Å². The van der Waals surface area contributed by atoms with Crippen LogP contribution in [0.2, 0.25) is 0 Å². The summed E-state index contributed by atoms with van der Waals surface area (Å²) in [4.78, 5) is 38.8. The van der Waals surface area contributed by atoms with Gasteiger partial charge in [0, 0.05) is 23.6 Å². The zero-order valence-electron chi connectivity index (χ0n) is 19.1. The van der Waals surface area contributed by atoms with Crippen LogP contribution in [0.3, 0.4) is 0 Å². The van der Waals surface area contributed by atoms with E-state index in [4.69, 9.17) is 14.7 Å². The molecular formula is C24H26N4O6. The Hall–Kier alpha value is -3.94. The third-order valence-electron chi connectivity index (χ3n) is 4.78. The molecule has 2 unspecified atom stereocenters. The second kappa shape index (κ2) is 10.3. The molecule has 10 heteroatoms. The zero-order chi connectivity index (χ0) is 24.9. The highest BCUT2D eigenvalue weighted by Crippen LogP contribution is 2.23. The van der Waals surface area contributed by atoms with Crippen LogP contribution < -0.4 is 15.5 Å². The van der Waals surface area contributed by atoms with Gasteiger partial charge in [-0.2, -0.15) is 5.26 Å². The Bertz CT molecular complexity index is 1090. The monoisotopic (exact) mass is 466 g/mol. The highest BCUT2D eigenvalue weighted by atomic mass is 16.6. The van der Waals surface area contributed by atoms with Crippen LogP contribution in [0.5, 0.6) is 0 Å². The molecule has 2 aromatic carbocycles. The molecule has 0 bridgehead atoms. The van der Waals surface area contributed by atoms with Crippen LogP contribution in [-0.2, 0) is 19.1 Å². The number of carbonyl (C=O) groups is 3. The Kier molecular flexibility index (Phi) is 7.50. The number of ether oxygens (including phenoxy) is 2. The van der Waals surface area contributed by atoms with Crippen molar-refractivity contribution in [3.8, 4) is 6.07 Å². The number of hydrogen-bond acceptors (Lipinski definition) is 7. The number of morpholine rings is 1. The largest absolute Gasteiger partial charge is 0.444 e. The summed E-state index contributed by atoms with van der Waals surface area (Å²) in [5.41, 5.74) is 1.17. The lowest BCUT2D eigenvalue weighted by Gasteiger charge is -2.34. The van der Waals surface area contributed by atoms with E-state index in [9.17, 15) is 19.5 Å². The maximum atomic E-state index is 13.0. The van der Waals surface area contributed by atoms with E-state index >= 15 is 0 Å². The minimum atomic E-state index is -1.74. The number of amides is 3. The number of nitriles is 1. The average molecular weight is 466 g/mol. The molecule has 3 rings (SSSR count). The predicted molar refractivity (Wildman–Crippen MR) is 124 cm³/mol. The lowest BCUT2D eigenvalue weighted by atomic mass is 10.1. The van der Waals surface area contributed by atoms with Crippen molar-refractivity contribution in [1.82, 2.24) is 0 Å². The standard InChI is InChI=1S/C24H26N4O6/c1-24(2,3)34-23(32)27-17-8-10-18(11-9-17)28-12-13-33-20(22(28)31)19(29)21(30)26-16-6-4-15(14-25)5-7-16/h4-11,19-20,29H,12-13H2,1-3H3,(H,26,30)(H,27,32). The smallest absolute Gasteiger partial charge is 0.412 e. The van der Waals surface area contributed by atoms with Gasteiger partial charge in [-0.25, -0.2) is 4.79 Å². The molecule has 1 aliphatic heterocycles. The molecule has 0 spiro atoms. The molecule has 0 aromatic heterocycles. The summed E-state index contributed by atoms with van der Waals surface area (Å²) in [5.74, 6) is -1.37. The second-order valence-electron chi connectivity index (χ2n) is 8.58. The number of nitrogens with zero attached hydrogens (tertiary/aromatic N) is 2. The number of nitrogens with one attached hydrogen (secondary N) is 2. The molecule has 178 valence electrons. The van der Waals surface area contributed by atoms with Gasteiger partial charge in [0.1, 0.15) is 5.60 Å². The van der Waals surface area contributed by atoms with Crippen molar-refractivity contribution in [2.24, 2.45) is 0 Å². The third kappa shape index (κ3) is 6.31. The first-order valence-electron chi connectivity index (χ1n) is 10.6. The first kappa shape index (κ1) is 24.7. The fourth-order valence-electron chi connectivity index (χ4n) is 3.22. The highest BCUT2D eigenvalue weighted by Gasteiger charge is 2.39. The molecule has 0 aliphatic carbocycles. The summed E-state index contributed by atoms with van der Waals surface area (Å²) in [5, 5.41) is 24.4. The molecule has 10 nitrogen and oxygen atoms in total. The van der Waals surface area contributed by atoms with Gasteiger partial charge in [0.25, 0.3) is 11.8 Å². The lowest BCUT2D eigenvalue weighted by molar-refractivity contribution is -0.150. The normalized spacial score (nSPS) is 16.9. The van der Waals surface area contributed by atoms with E-state index in [1.165, 1.54) is 29.2 Å². The second-order valence-corrected chi connectivity index (χ2v) is 8.58. The van der Waals surface area contributed by atoms with Gasteiger partial charge in [0.15, 0.2) is 12.2 Å². The van der Waals surface area contributed by atoms with E-state index in [1.807, 2.05) is 6.07 Å². The van der Waals surface area contributed by atoms with Gasteiger partial charge in [-0.1, -0.05) is 0 Å². The molecule has 0 saturated carbocycles. The summed E-state index contributed by atoms with van der Waals surface area (Å²) in [6.45, 7) is 5.63. The Morgan fingerprint density at radius 2 is 1.71 bits per heavy atom. The van der Waals surface area contributed by atoms with Gasteiger partial charge < -0.3 is 24.8 Å². The Labute approximate surface area is 197 Å². The van der Waals surface area contributed by atoms with Crippen LogP contribution in [-0.4, -0.2) is 54.0 Å². The van der Waals surface area contributed by atoms with Crippen LogP contribution in [0.25, 0.3) is 0 Å². The fraction of sp³-hybridized carbons (Fsp3) is 0.333. The molecule has 3 amide bonds. The summed E-state index contributed by atoms with van der Waals surface area (Å²) in [7, 11) is 0. The molecule has 1 heterocycles. The van der Waals surface area contributed by atoms with Crippen LogP contribution in [0.4, 0.5) is 21.9 Å². The maximum Gasteiger partial charge on any atom is 0.412 e. The first-order chi connectivity index (χ1) is 16.1. The van der Waals surface area contributed by atoms with E-state index in [0.29, 0.717) is 22.6 Å². The van der Waals surface area contributed by atoms with Gasteiger partial charge in [-0.3, -0.25) is 14.9 Å². The average Bonchev–Trinajstić information content (AvgIpc) is 2.78. The first-order valence-corrected chi connectivity index (χ1v) is 10.6. The predicted octanol–water partition coefficient (Wildman–Crippen LogP) is 2.64. The van der Waals surface area contributed by atoms with E-state index in [0.717, 1.165) is 0 Å². The molecule has 34 heavy (non-hydrogen) atoms. The molecule has 0 radical (unpaired) electrons. The zero-order valence-corrected chi connectivity index (χ0v) is 19.1. The highest BCUT2D eigenvalue weighted by molar-refractivity contribution is 6.04. The Balaban J connectivity index is 1.63. The van der Waals surface area contributed by atoms with Crippen LogP contribution >= 0.6 is 0 Å². The number of hydrogen-bond donors (Lipinski definition) is 3. The topological polar surface area (TPSA) is 141 Å². The summed E-state index contributed by atoms with van der Waals surface area (Å²) < 4.78 is 10.6. The molecule has 3 N–H and O–H groups in total. The minimum Gasteiger partial charge on any atom is -0.444 e. The van der Waals surface area contributed by atoms with E-state index < -0.39 is 35.7 Å². The van der Waals surface area contributed by atoms with Crippen LogP contribution in [0, 0.1) is 11.3 Å². The summed E-state index contributed by atoms with van der Waals surface area (Å²) >= 11 is 0. The number of aliphatic hydroxyl groups is 1.